The number of aromatic nitrogens is 1. The van der Waals surface area contributed by atoms with E-state index in [0.717, 1.165) is 10.9 Å². The molecule has 96 valence electrons. The van der Waals surface area contributed by atoms with Crippen molar-refractivity contribution < 1.29 is 4.79 Å². The second-order valence-electron chi connectivity index (χ2n) is 4.75. The fourth-order valence-electron chi connectivity index (χ4n) is 1.88. The Balaban J connectivity index is 2.22. The number of nitrogens with one attached hydrogen (secondary N) is 1. The Kier molecular flexibility index (Phi) is 3.76. The van der Waals surface area contributed by atoms with E-state index in [-0.39, 0.29) is 11.8 Å². The highest BCUT2D eigenvalue weighted by Crippen LogP contribution is 2.19. The van der Waals surface area contributed by atoms with E-state index in [1.54, 1.807) is 12.3 Å². The molecule has 0 radical (unpaired) electrons. The minimum absolute atomic E-state index is 0.00729. The summed E-state index contributed by atoms with van der Waals surface area (Å²) in [7, 11) is 0. The van der Waals surface area contributed by atoms with Crippen LogP contribution in [0.25, 0.3) is 10.9 Å². The van der Waals surface area contributed by atoms with Crippen molar-refractivity contribution in [2.75, 3.05) is 5.32 Å². The number of anilines is 1. The Morgan fingerprint density at radius 2 is 2.16 bits per heavy atom. The van der Waals surface area contributed by atoms with Crippen LogP contribution in [0.2, 0.25) is 0 Å². The first-order chi connectivity index (χ1) is 9.11. The van der Waals surface area contributed by atoms with E-state index < -0.39 is 5.92 Å². The van der Waals surface area contributed by atoms with Crippen LogP contribution in [0.5, 0.6) is 0 Å². The summed E-state index contributed by atoms with van der Waals surface area (Å²) in [6, 6.07) is 11.3. The van der Waals surface area contributed by atoms with Crippen molar-refractivity contribution in [3.05, 3.63) is 36.5 Å². The first kappa shape index (κ1) is 13.0. The average molecular weight is 253 g/mol. The smallest absolute Gasteiger partial charge is 0.241 e. The number of hydrogen-bond donors (Lipinski definition) is 1. The Morgan fingerprint density at radius 3 is 2.84 bits per heavy atom. The van der Waals surface area contributed by atoms with Crippen molar-refractivity contribution in [2.45, 2.75) is 13.8 Å². The van der Waals surface area contributed by atoms with Crippen molar-refractivity contribution in [3.63, 3.8) is 0 Å². The third-order valence-corrected chi connectivity index (χ3v) is 2.96. The fourth-order valence-corrected chi connectivity index (χ4v) is 1.88. The molecular weight excluding hydrogens is 238 g/mol. The molecule has 0 saturated heterocycles. The molecule has 1 atom stereocenters. The molecule has 0 fully saturated rings. The molecule has 2 rings (SSSR count). The molecule has 1 heterocycles. The summed E-state index contributed by atoms with van der Waals surface area (Å²) < 4.78 is 0. The second kappa shape index (κ2) is 5.49. The lowest BCUT2D eigenvalue weighted by atomic mass is 9.96. The molecule has 19 heavy (non-hydrogen) atoms. The second-order valence-corrected chi connectivity index (χ2v) is 4.75. The van der Waals surface area contributed by atoms with Gasteiger partial charge in [0.2, 0.25) is 5.91 Å². The van der Waals surface area contributed by atoms with Crippen LogP contribution in [0.4, 0.5) is 5.69 Å². The number of carbonyl (C=O) groups is 1. The molecule has 1 N–H and O–H groups in total. The molecule has 0 aliphatic rings. The fraction of sp³-hybridized carbons (Fsp3) is 0.267. The van der Waals surface area contributed by atoms with E-state index in [1.807, 2.05) is 44.2 Å². The highest BCUT2D eigenvalue weighted by atomic mass is 16.1. The quantitative estimate of drug-likeness (QED) is 0.914. The number of hydrogen-bond acceptors (Lipinski definition) is 3. The van der Waals surface area contributed by atoms with Crippen LogP contribution in [-0.4, -0.2) is 10.9 Å². The average Bonchev–Trinajstić information content (AvgIpc) is 2.39. The summed E-state index contributed by atoms with van der Waals surface area (Å²) in [5.74, 6) is -0.905. The van der Waals surface area contributed by atoms with Gasteiger partial charge in [-0.15, -0.1) is 0 Å². The van der Waals surface area contributed by atoms with Gasteiger partial charge in [-0.3, -0.25) is 9.78 Å². The molecule has 1 aromatic carbocycles. The van der Waals surface area contributed by atoms with Crippen LogP contribution >= 0.6 is 0 Å². The van der Waals surface area contributed by atoms with Gasteiger partial charge in [0.25, 0.3) is 0 Å². The lowest BCUT2D eigenvalue weighted by molar-refractivity contribution is -0.119. The number of pyridine rings is 1. The number of amides is 1. The maximum atomic E-state index is 12.0. The van der Waals surface area contributed by atoms with Gasteiger partial charge in [0.1, 0.15) is 5.92 Å². The molecule has 2 aromatic rings. The van der Waals surface area contributed by atoms with E-state index >= 15 is 0 Å². The van der Waals surface area contributed by atoms with Crippen molar-refractivity contribution >= 4 is 22.5 Å². The lowest BCUT2D eigenvalue weighted by Crippen LogP contribution is -2.25. The Bertz CT molecular complexity index is 643. The Morgan fingerprint density at radius 1 is 1.37 bits per heavy atom. The minimum atomic E-state index is -0.635. The maximum Gasteiger partial charge on any atom is 0.241 e. The molecule has 0 bridgehead atoms. The van der Waals surface area contributed by atoms with Crippen LogP contribution in [0.3, 0.4) is 0 Å². The summed E-state index contributed by atoms with van der Waals surface area (Å²) in [5.41, 5.74) is 1.56. The molecule has 1 amide bonds. The SMILES string of the molecule is CC(C)C(C#N)C(=O)Nc1ccc2ncccc2c1. The molecule has 0 spiro atoms. The monoisotopic (exact) mass is 253 g/mol. The maximum absolute atomic E-state index is 12.0. The van der Waals surface area contributed by atoms with Gasteiger partial charge in [-0.05, 0) is 30.2 Å². The van der Waals surface area contributed by atoms with Crippen molar-refractivity contribution in [1.82, 2.24) is 4.98 Å². The third-order valence-electron chi connectivity index (χ3n) is 2.96. The Labute approximate surface area is 112 Å². The number of carbonyl (C=O) groups excluding carboxylic acids is 1. The zero-order valence-corrected chi connectivity index (χ0v) is 10.9. The zero-order valence-electron chi connectivity index (χ0n) is 10.9. The summed E-state index contributed by atoms with van der Waals surface area (Å²) in [6.07, 6.45) is 1.73. The first-order valence-electron chi connectivity index (χ1n) is 6.17. The highest BCUT2D eigenvalue weighted by Gasteiger charge is 2.21. The third kappa shape index (κ3) is 2.89. The normalized spacial score (nSPS) is 12.1. The number of benzene rings is 1. The van der Waals surface area contributed by atoms with Crippen LogP contribution < -0.4 is 5.32 Å². The van der Waals surface area contributed by atoms with Crippen molar-refractivity contribution in [3.8, 4) is 6.07 Å². The molecule has 0 saturated carbocycles. The van der Waals surface area contributed by atoms with E-state index in [2.05, 4.69) is 10.3 Å². The van der Waals surface area contributed by atoms with Crippen LogP contribution in [0.15, 0.2) is 36.5 Å². The summed E-state index contributed by atoms with van der Waals surface area (Å²) in [4.78, 5) is 16.2. The zero-order chi connectivity index (χ0) is 13.8. The van der Waals surface area contributed by atoms with Gasteiger partial charge >= 0.3 is 0 Å². The number of rotatable bonds is 3. The number of nitriles is 1. The van der Waals surface area contributed by atoms with Gasteiger partial charge in [-0.2, -0.15) is 5.26 Å². The molecule has 0 aliphatic heterocycles. The predicted octanol–water partition coefficient (Wildman–Crippen LogP) is 2.97. The van der Waals surface area contributed by atoms with Gasteiger partial charge in [-0.25, -0.2) is 0 Å². The molecule has 1 unspecified atom stereocenters. The van der Waals surface area contributed by atoms with E-state index in [1.165, 1.54) is 0 Å². The van der Waals surface area contributed by atoms with Crippen LogP contribution in [0.1, 0.15) is 13.8 Å². The molecular formula is C15H15N3O. The standard InChI is InChI=1S/C15H15N3O/c1-10(2)13(9-16)15(19)18-12-5-6-14-11(8-12)4-3-7-17-14/h3-8,10,13H,1-2H3,(H,18,19). The van der Waals surface area contributed by atoms with Gasteiger partial charge in [0.15, 0.2) is 0 Å². The van der Waals surface area contributed by atoms with Crippen LogP contribution in [-0.2, 0) is 4.79 Å². The van der Waals surface area contributed by atoms with E-state index in [9.17, 15) is 4.79 Å². The number of fused-ring (bicyclic) bond motifs is 1. The summed E-state index contributed by atoms with van der Waals surface area (Å²) >= 11 is 0. The first-order valence-corrected chi connectivity index (χ1v) is 6.17. The largest absolute Gasteiger partial charge is 0.325 e. The van der Waals surface area contributed by atoms with Gasteiger partial charge in [-0.1, -0.05) is 19.9 Å². The number of nitrogens with zero attached hydrogens (tertiary/aromatic N) is 2. The van der Waals surface area contributed by atoms with E-state index in [4.69, 9.17) is 5.26 Å². The lowest BCUT2D eigenvalue weighted by Gasteiger charge is -2.13. The van der Waals surface area contributed by atoms with Crippen molar-refractivity contribution in [1.29, 1.82) is 5.26 Å². The van der Waals surface area contributed by atoms with Gasteiger partial charge < -0.3 is 5.32 Å². The predicted molar refractivity (Wildman–Crippen MR) is 74.3 cm³/mol. The van der Waals surface area contributed by atoms with Crippen molar-refractivity contribution in [2.24, 2.45) is 11.8 Å². The van der Waals surface area contributed by atoms with Gasteiger partial charge in [0, 0.05) is 17.3 Å². The molecule has 4 heteroatoms. The molecule has 1 aromatic heterocycles. The van der Waals surface area contributed by atoms with E-state index in [0.29, 0.717) is 5.69 Å². The highest BCUT2D eigenvalue weighted by molar-refractivity contribution is 5.96. The molecule has 0 aliphatic carbocycles. The topological polar surface area (TPSA) is 65.8 Å². The summed E-state index contributed by atoms with van der Waals surface area (Å²) in [6.45, 7) is 3.72. The minimum Gasteiger partial charge on any atom is -0.325 e. The Hall–Kier alpha value is -2.41. The van der Waals surface area contributed by atoms with Crippen LogP contribution in [0, 0.1) is 23.2 Å². The molecule has 4 nitrogen and oxygen atoms in total. The summed E-state index contributed by atoms with van der Waals surface area (Å²) in [5, 5.41) is 12.7. The van der Waals surface area contributed by atoms with Gasteiger partial charge in [0.05, 0.1) is 11.6 Å².